The zero-order valence-corrected chi connectivity index (χ0v) is 12.7. The van der Waals surface area contributed by atoms with E-state index in [1.807, 2.05) is 55.5 Å². The molecule has 0 bridgehead atoms. The summed E-state index contributed by atoms with van der Waals surface area (Å²) < 4.78 is 5.16. The second-order valence-electron chi connectivity index (χ2n) is 5.04. The molecule has 0 fully saturated rings. The van der Waals surface area contributed by atoms with Crippen LogP contribution in [0.3, 0.4) is 0 Å². The molecular weight excluding hydrogens is 276 g/mol. The highest BCUT2D eigenvalue weighted by atomic mass is 16.5. The molecule has 112 valence electrons. The van der Waals surface area contributed by atoms with E-state index in [9.17, 15) is 10.1 Å². The molecule has 1 amide bonds. The molecule has 0 radical (unpaired) electrons. The molecule has 1 atom stereocenters. The van der Waals surface area contributed by atoms with Crippen molar-refractivity contribution in [3.8, 4) is 11.8 Å². The normalized spacial score (nSPS) is 11.3. The van der Waals surface area contributed by atoms with Gasteiger partial charge in [-0.3, -0.25) is 4.79 Å². The zero-order valence-electron chi connectivity index (χ0n) is 12.7. The Labute approximate surface area is 130 Å². The van der Waals surface area contributed by atoms with Gasteiger partial charge in [0.25, 0.3) is 0 Å². The van der Waals surface area contributed by atoms with E-state index in [-0.39, 0.29) is 5.91 Å². The molecule has 2 aromatic carbocycles. The number of nitrogens with one attached hydrogen (secondary N) is 1. The fourth-order valence-electron chi connectivity index (χ4n) is 2.17. The van der Waals surface area contributed by atoms with Crippen LogP contribution in [0.2, 0.25) is 0 Å². The van der Waals surface area contributed by atoms with E-state index in [0.717, 1.165) is 16.8 Å². The summed E-state index contributed by atoms with van der Waals surface area (Å²) in [5, 5.41) is 12.1. The fourth-order valence-corrected chi connectivity index (χ4v) is 2.17. The van der Waals surface area contributed by atoms with Crippen LogP contribution in [0.15, 0.2) is 48.5 Å². The van der Waals surface area contributed by atoms with Crippen LogP contribution in [-0.4, -0.2) is 13.0 Å². The summed E-state index contributed by atoms with van der Waals surface area (Å²) in [7, 11) is 1.59. The van der Waals surface area contributed by atoms with Crippen molar-refractivity contribution in [3.05, 3.63) is 59.7 Å². The van der Waals surface area contributed by atoms with E-state index in [1.54, 1.807) is 7.11 Å². The third kappa shape index (κ3) is 3.86. The van der Waals surface area contributed by atoms with Crippen molar-refractivity contribution >= 4 is 11.6 Å². The van der Waals surface area contributed by atoms with Gasteiger partial charge in [-0.15, -0.1) is 0 Å². The number of rotatable bonds is 5. The standard InChI is InChI=1S/C18H18N2O2/c1-13-6-3-4-9-17(13)20-18(21)15(12-19)10-14-7-5-8-16(11-14)22-2/h3-9,11,15H,10H2,1-2H3,(H,20,21)/t15-/m0/s1. The SMILES string of the molecule is COc1cccc(C[C@@H](C#N)C(=O)Nc2ccccc2C)c1. The Morgan fingerprint density at radius 1 is 1.27 bits per heavy atom. The molecule has 1 N–H and O–H groups in total. The number of ether oxygens (including phenoxy) is 1. The van der Waals surface area contributed by atoms with Gasteiger partial charge in [0.05, 0.1) is 13.2 Å². The first-order valence-corrected chi connectivity index (χ1v) is 7.03. The highest BCUT2D eigenvalue weighted by Crippen LogP contribution is 2.18. The first kappa shape index (κ1) is 15.6. The van der Waals surface area contributed by atoms with Crippen LogP contribution in [-0.2, 0) is 11.2 Å². The van der Waals surface area contributed by atoms with Gasteiger partial charge in [0, 0.05) is 5.69 Å². The minimum atomic E-state index is -0.744. The van der Waals surface area contributed by atoms with E-state index in [2.05, 4.69) is 11.4 Å². The molecule has 0 unspecified atom stereocenters. The molecular formula is C18H18N2O2. The van der Waals surface area contributed by atoms with Crippen LogP contribution in [0, 0.1) is 24.2 Å². The van der Waals surface area contributed by atoms with Crippen molar-refractivity contribution in [3.63, 3.8) is 0 Å². The van der Waals surface area contributed by atoms with E-state index in [1.165, 1.54) is 0 Å². The fraction of sp³-hybridized carbons (Fsp3) is 0.222. The van der Waals surface area contributed by atoms with Crippen molar-refractivity contribution in [1.82, 2.24) is 0 Å². The van der Waals surface area contributed by atoms with E-state index in [0.29, 0.717) is 12.2 Å². The van der Waals surface area contributed by atoms with E-state index in [4.69, 9.17) is 4.74 Å². The maximum atomic E-state index is 12.3. The first-order chi connectivity index (χ1) is 10.6. The Kier molecular flexibility index (Phi) is 5.16. The average Bonchev–Trinajstić information content (AvgIpc) is 2.54. The predicted octanol–water partition coefficient (Wildman–Crippen LogP) is 3.32. The zero-order chi connectivity index (χ0) is 15.9. The molecule has 4 heteroatoms. The molecule has 0 saturated carbocycles. The number of anilines is 1. The molecule has 0 heterocycles. The summed E-state index contributed by atoms with van der Waals surface area (Å²) in [4.78, 5) is 12.3. The second kappa shape index (κ2) is 7.28. The molecule has 2 aromatic rings. The van der Waals surface area contributed by atoms with E-state index < -0.39 is 5.92 Å². The Bertz CT molecular complexity index is 704. The second-order valence-corrected chi connectivity index (χ2v) is 5.04. The number of hydrogen-bond acceptors (Lipinski definition) is 3. The lowest BCUT2D eigenvalue weighted by atomic mass is 9.99. The van der Waals surface area contributed by atoms with Crippen molar-refractivity contribution in [2.45, 2.75) is 13.3 Å². The van der Waals surface area contributed by atoms with Gasteiger partial charge >= 0.3 is 0 Å². The summed E-state index contributed by atoms with van der Waals surface area (Å²) >= 11 is 0. The average molecular weight is 294 g/mol. The smallest absolute Gasteiger partial charge is 0.242 e. The maximum absolute atomic E-state index is 12.3. The highest BCUT2D eigenvalue weighted by Gasteiger charge is 2.19. The van der Waals surface area contributed by atoms with Crippen molar-refractivity contribution in [2.75, 3.05) is 12.4 Å². The number of methoxy groups -OCH3 is 1. The topological polar surface area (TPSA) is 62.1 Å². The number of carbonyl (C=O) groups excluding carboxylic acids is 1. The Morgan fingerprint density at radius 2 is 2.05 bits per heavy atom. The number of para-hydroxylation sites is 1. The predicted molar refractivity (Wildman–Crippen MR) is 85.6 cm³/mol. The minimum absolute atomic E-state index is 0.292. The summed E-state index contributed by atoms with van der Waals surface area (Å²) in [6.07, 6.45) is 0.353. The van der Waals surface area contributed by atoms with E-state index >= 15 is 0 Å². The van der Waals surface area contributed by atoms with Gasteiger partial charge in [0.2, 0.25) is 5.91 Å². The molecule has 0 saturated heterocycles. The number of carbonyl (C=O) groups is 1. The van der Waals surface area contributed by atoms with Crippen LogP contribution >= 0.6 is 0 Å². The number of aryl methyl sites for hydroxylation is 1. The summed E-state index contributed by atoms with van der Waals surface area (Å²) in [5.74, 6) is -0.320. The van der Waals surface area contributed by atoms with Crippen LogP contribution in [0.4, 0.5) is 5.69 Å². The summed E-state index contributed by atoms with van der Waals surface area (Å²) in [6, 6.07) is 17.0. The lowest BCUT2D eigenvalue weighted by Crippen LogP contribution is -2.23. The van der Waals surface area contributed by atoms with Crippen LogP contribution in [0.1, 0.15) is 11.1 Å². The monoisotopic (exact) mass is 294 g/mol. The first-order valence-electron chi connectivity index (χ1n) is 7.03. The van der Waals surface area contributed by atoms with Gasteiger partial charge in [-0.1, -0.05) is 30.3 Å². The molecule has 22 heavy (non-hydrogen) atoms. The number of benzene rings is 2. The van der Waals surface area contributed by atoms with Crippen LogP contribution < -0.4 is 10.1 Å². The Balaban J connectivity index is 2.09. The lowest BCUT2D eigenvalue weighted by Gasteiger charge is -2.12. The van der Waals surface area contributed by atoms with Gasteiger partial charge in [-0.05, 0) is 42.7 Å². The largest absolute Gasteiger partial charge is 0.497 e. The molecule has 0 aromatic heterocycles. The minimum Gasteiger partial charge on any atom is -0.497 e. The lowest BCUT2D eigenvalue weighted by molar-refractivity contribution is -0.118. The highest BCUT2D eigenvalue weighted by molar-refractivity contribution is 5.94. The number of hydrogen-bond donors (Lipinski definition) is 1. The van der Waals surface area contributed by atoms with Crippen LogP contribution in [0.25, 0.3) is 0 Å². The van der Waals surface area contributed by atoms with Crippen LogP contribution in [0.5, 0.6) is 5.75 Å². The van der Waals surface area contributed by atoms with Crippen molar-refractivity contribution in [1.29, 1.82) is 5.26 Å². The Morgan fingerprint density at radius 3 is 2.73 bits per heavy atom. The summed E-state index contributed by atoms with van der Waals surface area (Å²) in [6.45, 7) is 1.92. The third-order valence-electron chi connectivity index (χ3n) is 3.45. The molecule has 0 aliphatic heterocycles. The quantitative estimate of drug-likeness (QED) is 0.920. The maximum Gasteiger partial charge on any atom is 0.242 e. The number of nitrogens with zero attached hydrogens (tertiary/aromatic N) is 1. The van der Waals surface area contributed by atoms with Crippen molar-refractivity contribution < 1.29 is 9.53 Å². The van der Waals surface area contributed by atoms with Gasteiger partial charge in [-0.2, -0.15) is 5.26 Å². The van der Waals surface area contributed by atoms with Gasteiger partial charge in [0.1, 0.15) is 11.7 Å². The van der Waals surface area contributed by atoms with Crippen molar-refractivity contribution in [2.24, 2.45) is 5.92 Å². The molecule has 0 aliphatic carbocycles. The molecule has 0 aliphatic rings. The van der Waals surface area contributed by atoms with Gasteiger partial charge < -0.3 is 10.1 Å². The molecule has 4 nitrogen and oxygen atoms in total. The third-order valence-corrected chi connectivity index (χ3v) is 3.45. The molecule has 0 spiro atoms. The van der Waals surface area contributed by atoms with Gasteiger partial charge in [0.15, 0.2) is 0 Å². The summed E-state index contributed by atoms with van der Waals surface area (Å²) in [5.41, 5.74) is 2.60. The number of nitriles is 1. The van der Waals surface area contributed by atoms with Gasteiger partial charge in [-0.25, -0.2) is 0 Å². The molecule has 2 rings (SSSR count). The number of amides is 1. The Hall–Kier alpha value is -2.80.